The van der Waals surface area contributed by atoms with Crippen LogP contribution in [0.2, 0.25) is 5.02 Å². The van der Waals surface area contributed by atoms with Crippen molar-refractivity contribution < 1.29 is 9.47 Å². The standard InChI is InChI=1S/C14H13BrClNO2/c1-18-10-3-5-14(11(15)7-10)19-8-9-2-4-12(16)13(17)6-9/h2-7H,8,17H2,1H3. The van der Waals surface area contributed by atoms with Crippen LogP contribution >= 0.6 is 27.5 Å². The Bertz CT molecular complexity index is 590. The molecule has 2 aromatic rings. The number of ether oxygens (including phenoxy) is 2. The highest BCUT2D eigenvalue weighted by atomic mass is 79.9. The van der Waals surface area contributed by atoms with Gasteiger partial charge in [-0.05, 0) is 51.8 Å². The summed E-state index contributed by atoms with van der Waals surface area (Å²) in [6.07, 6.45) is 0. The van der Waals surface area contributed by atoms with Crippen LogP contribution in [0.4, 0.5) is 5.69 Å². The number of methoxy groups -OCH3 is 1. The van der Waals surface area contributed by atoms with Crippen LogP contribution in [0.25, 0.3) is 0 Å². The fourth-order valence-electron chi connectivity index (χ4n) is 1.57. The van der Waals surface area contributed by atoms with Crippen LogP contribution in [0.15, 0.2) is 40.9 Å². The monoisotopic (exact) mass is 341 g/mol. The smallest absolute Gasteiger partial charge is 0.134 e. The van der Waals surface area contributed by atoms with Gasteiger partial charge in [0.05, 0.1) is 22.3 Å². The highest BCUT2D eigenvalue weighted by molar-refractivity contribution is 9.10. The molecule has 5 heteroatoms. The Labute approximate surface area is 125 Å². The van der Waals surface area contributed by atoms with Crippen molar-refractivity contribution >= 4 is 33.2 Å². The summed E-state index contributed by atoms with van der Waals surface area (Å²) in [7, 11) is 1.62. The van der Waals surface area contributed by atoms with E-state index in [0.717, 1.165) is 21.5 Å². The van der Waals surface area contributed by atoms with E-state index in [4.69, 9.17) is 26.8 Å². The number of nitrogen functional groups attached to an aromatic ring is 1. The second-order valence-corrected chi connectivity index (χ2v) is 5.20. The summed E-state index contributed by atoms with van der Waals surface area (Å²) in [4.78, 5) is 0. The van der Waals surface area contributed by atoms with Crippen LogP contribution in [0, 0.1) is 0 Å². The number of nitrogens with two attached hydrogens (primary N) is 1. The molecule has 0 heterocycles. The minimum atomic E-state index is 0.423. The van der Waals surface area contributed by atoms with Crippen LogP contribution in [-0.2, 0) is 6.61 Å². The number of rotatable bonds is 4. The van der Waals surface area contributed by atoms with E-state index in [0.29, 0.717) is 17.3 Å². The topological polar surface area (TPSA) is 44.5 Å². The Balaban J connectivity index is 2.07. The van der Waals surface area contributed by atoms with Crippen molar-refractivity contribution in [3.05, 3.63) is 51.5 Å². The Morgan fingerprint density at radius 3 is 2.63 bits per heavy atom. The second kappa shape index (κ2) is 6.17. The van der Waals surface area contributed by atoms with Gasteiger partial charge in [-0.25, -0.2) is 0 Å². The molecule has 3 nitrogen and oxygen atoms in total. The number of hydrogen-bond acceptors (Lipinski definition) is 3. The summed E-state index contributed by atoms with van der Waals surface area (Å²) in [5.74, 6) is 1.52. The average Bonchev–Trinajstić information content (AvgIpc) is 2.41. The van der Waals surface area contributed by atoms with Gasteiger partial charge in [0.1, 0.15) is 18.1 Å². The molecule has 0 aliphatic heterocycles. The lowest BCUT2D eigenvalue weighted by Gasteiger charge is -2.10. The highest BCUT2D eigenvalue weighted by Gasteiger charge is 2.04. The van der Waals surface area contributed by atoms with Crippen molar-refractivity contribution in [1.82, 2.24) is 0 Å². The molecule has 0 aliphatic rings. The van der Waals surface area contributed by atoms with Gasteiger partial charge in [-0.3, -0.25) is 0 Å². The van der Waals surface area contributed by atoms with Gasteiger partial charge in [-0.2, -0.15) is 0 Å². The number of hydrogen-bond donors (Lipinski definition) is 1. The fraction of sp³-hybridized carbons (Fsp3) is 0.143. The van der Waals surface area contributed by atoms with Crippen molar-refractivity contribution in [3.8, 4) is 11.5 Å². The molecule has 100 valence electrons. The number of anilines is 1. The zero-order chi connectivity index (χ0) is 13.8. The predicted octanol–water partition coefficient (Wildman–Crippen LogP) is 4.27. The molecule has 0 saturated heterocycles. The van der Waals surface area contributed by atoms with E-state index in [2.05, 4.69) is 15.9 Å². The summed E-state index contributed by atoms with van der Waals surface area (Å²) in [6.45, 7) is 0.423. The third kappa shape index (κ3) is 3.55. The molecule has 2 rings (SSSR count). The molecule has 0 fully saturated rings. The van der Waals surface area contributed by atoms with Gasteiger partial charge in [0.25, 0.3) is 0 Å². The van der Waals surface area contributed by atoms with E-state index >= 15 is 0 Å². The Kier molecular flexibility index (Phi) is 4.56. The van der Waals surface area contributed by atoms with E-state index in [-0.39, 0.29) is 0 Å². The van der Waals surface area contributed by atoms with Gasteiger partial charge in [0.15, 0.2) is 0 Å². The molecule has 19 heavy (non-hydrogen) atoms. The third-order valence-corrected chi connectivity index (χ3v) is 3.56. The molecule has 0 unspecified atom stereocenters. The second-order valence-electron chi connectivity index (χ2n) is 3.94. The molecular formula is C14H13BrClNO2. The normalized spacial score (nSPS) is 10.3. The first-order valence-corrected chi connectivity index (χ1v) is 6.77. The summed E-state index contributed by atoms with van der Waals surface area (Å²) >= 11 is 9.31. The predicted molar refractivity (Wildman–Crippen MR) is 80.9 cm³/mol. The van der Waals surface area contributed by atoms with E-state index < -0.39 is 0 Å². The van der Waals surface area contributed by atoms with Crippen molar-refractivity contribution in [3.63, 3.8) is 0 Å². The summed E-state index contributed by atoms with van der Waals surface area (Å²) in [5, 5.41) is 0.550. The van der Waals surface area contributed by atoms with Crippen LogP contribution < -0.4 is 15.2 Å². The molecule has 0 aromatic heterocycles. The maximum atomic E-state index is 5.87. The Hall–Kier alpha value is -1.39. The van der Waals surface area contributed by atoms with Crippen LogP contribution in [-0.4, -0.2) is 7.11 Å². The third-order valence-electron chi connectivity index (χ3n) is 2.59. The zero-order valence-electron chi connectivity index (χ0n) is 10.3. The van der Waals surface area contributed by atoms with Crippen molar-refractivity contribution in [2.24, 2.45) is 0 Å². The molecule has 0 atom stereocenters. The van der Waals surface area contributed by atoms with Gasteiger partial charge >= 0.3 is 0 Å². The van der Waals surface area contributed by atoms with Crippen molar-refractivity contribution in [1.29, 1.82) is 0 Å². The molecular weight excluding hydrogens is 330 g/mol. The van der Waals surface area contributed by atoms with Gasteiger partial charge in [0.2, 0.25) is 0 Å². The van der Waals surface area contributed by atoms with Crippen LogP contribution in [0.5, 0.6) is 11.5 Å². The summed E-state index contributed by atoms with van der Waals surface area (Å²) in [6, 6.07) is 11.0. The quantitative estimate of drug-likeness (QED) is 0.844. The van der Waals surface area contributed by atoms with E-state index in [1.807, 2.05) is 24.3 Å². The van der Waals surface area contributed by atoms with E-state index in [9.17, 15) is 0 Å². The van der Waals surface area contributed by atoms with Gasteiger partial charge in [-0.1, -0.05) is 17.7 Å². The minimum absolute atomic E-state index is 0.423. The lowest BCUT2D eigenvalue weighted by molar-refractivity contribution is 0.303. The van der Waals surface area contributed by atoms with Crippen LogP contribution in [0.1, 0.15) is 5.56 Å². The van der Waals surface area contributed by atoms with Crippen LogP contribution in [0.3, 0.4) is 0 Å². The first-order valence-electron chi connectivity index (χ1n) is 5.60. The average molecular weight is 343 g/mol. The number of benzene rings is 2. The van der Waals surface area contributed by atoms with Crippen molar-refractivity contribution in [2.45, 2.75) is 6.61 Å². The Morgan fingerprint density at radius 1 is 1.21 bits per heavy atom. The molecule has 0 radical (unpaired) electrons. The van der Waals surface area contributed by atoms with E-state index in [1.165, 1.54) is 0 Å². The maximum absolute atomic E-state index is 5.87. The Morgan fingerprint density at radius 2 is 2.00 bits per heavy atom. The molecule has 2 aromatic carbocycles. The lowest BCUT2D eigenvalue weighted by atomic mass is 10.2. The first kappa shape index (κ1) is 14.0. The SMILES string of the molecule is COc1ccc(OCc2ccc(Cl)c(N)c2)c(Br)c1. The van der Waals surface area contributed by atoms with Gasteiger partial charge in [-0.15, -0.1) is 0 Å². The highest BCUT2D eigenvalue weighted by Crippen LogP contribution is 2.30. The summed E-state index contributed by atoms with van der Waals surface area (Å²) in [5.41, 5.74) is 7.26. The summed E-state index contributed by atoms with van der Waals surface area (Å²) < 4.78 is 11.7. The zero-order valence-corrected chi connectivity index (χ0v) is 12.7. The molecule has 2 N–H and O–H groups in total. The maximum Gasteiger partial charge on any atom is 0.134 e. The van der Waals surface area contributed by atoms with Gasteiger partial charge in [0, 0.05) is 0 Å². The minimum Gasteiger partial charge on any atom is -0.497 e. The fourth-order valence-corrected chi connectivity index (χ4v) is 2.16. The largest absolute Gasteiger partial charge is 0.497 e. The first-order chi connectivity index (χ1) is 9.10. The lowest BCUT2D eigenvalue weighted by Crippen LogP contribution is -1.98. The van der Waals surface area contributed by atoms with Gasteiger partial charge < -0.3 is 15.2 Å². The molecule has 0 spiro atoms. The van der Waals surface area contributed by atoms with Crippen molar-refractivity contribution in [2.75, 3.05) is 12.8 Å². The molecule has 0 bridgehead atoms. The molecule has 0 amide bonds. The molecule has 0 saturated carbocycles. The number of halogens is 2. The molecule has 0 aliphatic carbocycles. The van der Waals surface area contributed by atoms with E-state index in [1.54, 1.807) is 19.2 Å².